The van der Waals surface area contributed by atoms with Gasteiger partial charge in [0.25, 0.3) is 0 Å². The fourth-order valence-corrected chi connectivity index (χ4v) is 1.56. The van der Waals surface area contributed by atoms with E-state index in [1.165, 1.54) is 0 Å². The molecule has 0 radical (unpaired) electrons. The molecule has 1 rings (SSSR count). The summed E-state index contributed by atoms with van der Waals surface area (Å²) in [5.41, 5.74) is 0. The normalized spacial score (nSPS) is 11.1. The van der Waals surface area contributed by atoms with Gasteiger partial charge in [-0.15, -0.1) is 0 Å². The average molecular weight is 239 g/mol. The monoisotopic (exact) mass is 239 g/mol. The van der Waals surface area contributed by atoms with Gasteiger partial charge >= 0.3 is 5.97 Å². The van der Waals surface area contributed by atoms with Crippen LogP contribution in [0.1, 0.15) is 20.8 Å². The summed E-state index contributed by atoms with van der Waals surface area (Å²) < 4.78 is 6.96. The fraction of sp³-hybridized carbons (Fsp3) is 0.667. The first-order chi connectivity index (χ1) is 8.13. The number of nitrogens with zero attached hydrogens (tertiary/aromatic N) is 3. The Hall–Kier alpha value is -1.36. The van der Waals surface area contributed by atoms with Crippen LogP contribution in [-0.4, -0.2) is 46.2 Å². The van der Waals surface area contributed by atoms with Gasteiger partial charge in [-0.25, -0.2) is 4.98 Å². The second-order valence-corrected chi connectivity index (χ2v) is 4.17. The van der Waals surface area contributed by atoms with Crippen LogP contribution in [-0.2, 0) is 16.1 Å². The molecule has 0 fully saturated rings. The molecule has 0 saturated heterocycles. The first-order valence-corrected chi connectivity index (χ1v) is 5.99. The topological polar surface area (TPSA) is 47.4 Å². The van der Waals surface area contributed by atoms with Crippen molar-refractivity contribution in [2.45, 2.75) is 33.4 Å². The highest BCUT2D eigenvalue weighted by molar-refractivity contribution is 5.71. The summed E-state index contributed by atoms with van der Waals surface area (Å²) in [6, 6.07) is 0.322. The number of imidazole rings is 1. The molecule has 0 N–H and O–H groups in total. The first-order valence-electron chi connectivity index (χ1n) is 5.99. The van der Waals surface area contributed by atoms with Crippen LogP contribution in [0, 0.1) is 0 Å². The number of hydrogen-bond acceptors (Lipinski definition) is 4. The minimum Gasteiger partial charge on any atom is -0.465 e. The molecule has 0 bridgehead atoms. The van der Waals surface area contributed by atoms with Gasteiger partial charge in [-0.2, -0.15) is 0 Å². The zero-order valence-electron chi connectivity index (χ0n) is 10.8. The highest BCUT2D eigenvalue weighted by Gasteiger charge is 2.14. The summed E-state index contributed by atoms with van der Waals surface area (Å²) in [6.07, 6.45) is 5.46. The lowest BCUT2D eigenvalue weighted by molar-refractivity contribution is -0.144. The maximum atomic E-state index is 11.4. The van der Waals surface area contributed by atoms with Crippen molar-refractivity contribution >= 4 is 5.97 Å². The zero-order valence-corrected chi connectivity index (χ0v) is 10.8. The number of esters is 1. The van der Waals surface area contributed by atoms with Crippen molar-refractivity contribution in [1.82, 2.24) is 14.5 Å². The Morgan fingerprint density at radius 2 is 2.29 bits per heavy atom. The lowest BCUT2D eigenvalue weighted by Gasteiger charge is -2.25. The number of rotatable bonds is 7. The van der Waals surface area contributed by atoms with Crippen molar-refractivity contribution in [1.29, 1.82) is 0 Å². The second-order valence-electron chi connectivity index (χ2n) is 4.17. The molecule has 0 unspecified atom stereocenters. The summed E-state index contributed by atoms with van der Waals surface area (Å²) in [4.78, 5) is 17.5. The van der Waals surface area contributed by atoms with E-state index in [-0.39, 0.29) is 5.97 Å². The van der Waals surface area contributed by atoms with Crippen LogP contribution in [0.25, 0.3) is 0 Å². The highest BCUT2D eigenvalue weighted by Crippen LogP contribution is 2.00. The third-order valence-corrected chi connectivity index (χ3v) is 2.57. The van der Waals surface area contributed by atoms with Gasteiger partial charge in [0.15, 0.2) is 0 Å². The molecule has 0 saturated carbocycles. The smallest absolute Gasteiger partial charge is 0.320 e. The predicted octanol–water partition coefficient (Wildman–Crippen LogP) is 1.16. The van der Waals surface area contributed by atoms with E-state index in [9.17, 15) is 4.79 Å². The molecule has 0 aromatic carbocycles. The van der Waals surface area contributed by atoms with Gasteiger partial charge in [0.2, 0.25) is 0 Å². The standard InChI is InChI=1S/C12H21N3O2/c1-4-17-12(16)9-15(11(2)3)8-7-14-6-5-13-10-14/h5-6,10-11H,4,7-9H2,1-3H3. The molecule has 0 atom stereocenters. The van der Waals surface area contributed by atoms with Crippen molar-refractivity contribution in [3.05, 3.63) is 18.7 Å². The minimum atomic E-state index is -0.160. The summed E-state index contributed by atoms with van der Waals surface area (Å²) >= 11 is 0. The number of hydrogen-bond donors (Lipinski definition) is 0. The largest absolute Gasteiger partial charge is 0.465 e. The van der Waals surface area contributed by atoms with E-state index in [0.717, 1.165) is 13.1 Å². The van der Waals surface area contributed by atoms with Gasteiger partial charge in [0.1, 0.15) is 0 Å². The molecule has 0 aliphatic rings. The van der Waals surface area contributed by atoms with Crippen LogP contribution in [0.5, 0.6) is 0 Å². The van der Waals surface area contributed by atoms with Gasteiger partial charge in [0.05, 0.1) is 19.5 Å². The van der Waals surface area contributed by atoms with E-state index in [2.05, 4.69) is 23.7 Å². The van der Waals surface area contributed by atoms with E-state index in [1.807, 2.05) is 17.7 Å². The highest BCUT2D eigenvalue weighted by atomic mass is 16.5. The van der Waals surface area contributed by atoms with Gasteiger partial charge in [0, 0.05) is 31.5 Å². The number of carbonyl (C=O) groups is 1. The maximum absolute atomic E-state index is 11.4. The van der Waals surface area contributed by atoms with Crippen LogP contribution >= 0.6 is 0 Å². The fourth-order valence-electron chi connectivity index (χ4n) is 1.56. The van der Waals surface area contributed by atoms with Gasteiger partial charge in [-0.3, -0.25) is 9.69 Å². The molecule has 0 amide bonds. The van der Waals surface area contributed by atoms with E-state index in [0.29, 0.717) is 19.2 Å². The van der Waals surface area contributed by atoms with Gasteiger partial charge < -0.3 is 9.30 Å². The quantitative estimate of drug-likeness (QED) is 0.670. The van der Waals surface area contributed by atoms with Crippen molar-refractivity contribution in [3.8, 4) is 0 Å². The Bertz CT molecular complexity index is 323. The molecule has 0 aliphatic carbocycles. The molecule has 0 spiro atoms. The summed E-state index contributed by atoms with van der Waals surface area (Å²) in [6.45, 7) is 8.40. The Kier molecular flexibility index (Phi) is 5.69. The van der Waals surface area contributed by atoms with E-state index < -0.39 is 0 Å². The molecular formula is C12H21N3O2. The molecule has 0 aliphatic heterocycles. The van der Waals surface area contributed by atoms with Crippen LogP contribution in [0.2, 0.25) is 0 Å². The number of aromatic nitrogens is 2. The van der Waals surface area contributed by atoms with Crippen LogP contribution in [0.3, 0.4) is 0 Å². The minimum absolute atomic E-state index is 0.160. The van der Waals surface area contributed by atoms with E-state index in [4.69, 9.17) is 4.74 Å². The lowest BCUT2D eigenvalue weighted by atomic mass is 10.3. The van der Waals surface area contributed by atoms with Crippen molar-refractivity contribution < 1.29 is 9.53 Å². The number of ether oxygens (including phenoxy) is 1. The molecule has 1 heterocycles. The van der Waals surface area contributed by atoms with Crippen molar-refractivity contribution in [3.63, 3.8) is 0 Å². The molecule has 5 nitrogen and oxygen atoms in total. The zero-order chi connectivity index (χ0) is 12.7. The van der Waals surface area contributed by atoms with Gasteiger partial charge in [-0.1, -0.05) is 0 Å². The summed E-state index contributed by atoms with van der Waals surface area (Å²) in [5, 5.41) is 0. The second kappa shape index (κ2) is 7.06. The van der Waals surface area contributed by atoms with Crippen LogP contribution in [0.4, 0.5) is 0 Å². The summed E-state index contributed by atoms with van der Waals surface area (Å²) in [5.74, 6) is -0.160. The average Bonchev–Trinajstić information content (AvgIpc) is 2.77. The van der Waals surface area contributed by atoms with E-state index >= 15 is 0 Å². The summed E-state index contributed by atoms with van der Waals surface area (Å²) in [7, 11) is 0. The maximum Gasteiger partial charge on any atom is 0.320 e. The van der Waals surface area contributed by atoms with Crippen molar-refractivity contribution in [2.75, 3.05) is 19.7 Å². The third-order valence-electron chi connectivity index (χ3n) is 2.57. The molecular weight excluding hydrogens is 218 g/mol. The van der Waals surface area contributed by atoms with Gasteiger partial charge in [-0.05, 0) is 20.8 Å². The Morgan fingerprint density at radius 1 is 1.53 bits per heavy atom. The first kappa shape index (κ1) is 13.7. The predicted molar refractivity (Wildman–Crippen MR) is 65.6 cm³/mol. The number of carbonyl (C=O) groups excluding carboxylic acids is 1. The SMILES string of the molecule is CCOC(=O)CN(CCn1ccnc1)C(C)C. The molecule has 5 heteroatoms. The molecule has 17 heavy (non-hydrogen) atoms. The molecule has 96 valence electrons. The van der Waals surface area contributed by atoms with Crippen LogP contribution in [0.15, 0.2) is 18.7 Å². The van der Waals surface area contributed by atoms with Crippen LogP contribution < -0.4 is 0 Å². The molecule has 1 aromatic rings. The Balaban J connectivity index is 2.40. The Morgan fingerprint density at radius 3 is 2.82 bits per heavy atom. The Labute approximate surface area is 102 Å². The third kappa shape index (κ3) is 4.99. The molecule has 1 aromatic heterocycles. The van der Waals surface area contributed by atoms with Crippen molar-refractivity contribution in [2.24, 2.45) is 0 Å². The van der Waals surface area contributed by atoms with E-state index in [1.54, 1.807) is 12.5 Å². The lowest BCUT2D eigenvalue weighted by Crippen LogP contribution is -2.38.